The molecule has 1 heterocycles. The minimum absolute atomic E-state index is 0.129. The lowest BCUT2D eigenvalue weighted by molar-refractivity contribution is -0.258. The van der Waals surface area contributed by atoms with Crippen LogP contribution in [0.3, 0.4) is 0 Å². The Labute approximate surface area is 152 Å². The van der Waals surface area contributed by atoms with Crippen LogP contribution in [0.4, 0.5) is 0 Å². The van der Waals surface area contributed by atoms with Crippen molar-refractivity contribution in [3.63, 3.8) is 0 Å². The Morgan fingerprint density at radius 3 is 1.65 bits per heavy atom. The highest BCUT2D eigenvalue weighted by atomic mass is 16.7. The smallest absolute Gasteiger partial charge is 0.303 e. The van der Waals surface area contributed by atoms with E-state index in [1.165, 1.54) is 27.7 Å². The molecule has 1 aliphatic heterocycles. The van der Waals surface area contributed by atoms with Gasteiger partial charge in [-0.05, 0) is 5.92 Å². The van der Waals surface area contributed by atoms with Gasteiger partial charge >= 0.3 is 23.9 Å². The highest BCUT2D eigenvalue weighted by Gasteiger charge is 2.52. The van der Waals surface area contributed by atoms with E-state index in [2.05, 4.69) is 0 Å². The molecule has 1 rings (SSSR count). The largest absolute Gasteiger partial charge is 0.463 e. The van der Waals surface area contributed by atoms with Crippen molar-refractivity contribution in [1.82, 2.24) is 0 Å². The van der Waals surface area contributed by atoms with E-state index in [0.29, 0.717) is 0 Å². The maximum atomic E-state index is 11.6. The number of carbonyl (C=O) groups is 4. The van der Waals surface area contributed by atoms with Gasteiger partial charge in [-0.1, -0.05) is 13.8 Å². The standard InChI is InChI=1S/C17H26O9/c1-8(2)14-16(24-11(5)20)17(25-12(6)21)15(23-10(4)19)13(26-14)7-22-9(3)18/h8,13-17H,7H2,1-6H3/t13-,14+,15+,16+,17+/m1/s1. The van der Waals surface area contributed by atoms with E-state index in [1.54, 1.807) is 0 Å². The van der Waals surface area contributed by atoms with Crippen LogP contribution in [0.2, 0.25) is 0 Å². The van der Waals surface area contributed by atoms with E-state index in [1.807, 2.05) is 13.8 Å². The fraction of sp³-hybridized carbons (Fsp3) is 0.765. The van der Waals surface area contributed by atoms with Crippen LogP contribution in [0.5, 0.6) is 0 Å². The Hall–Kier alpha value is -2.16. The first-order valence-corrected chi connectivity index (χ1v) is 8.33. The molecule has 0 aliphatic carbocycles. The minimum Gasteiger partial charge on any atom is -0.463 e. The first kappa shape index (κ1) is 21.9. The average molecular weight is 374 g/mol. The first-order chi connectivity index (χ1) is 12.0. The minimum atomic E-state index is -1.10. The van der Waals surface area contributed by atoms with Crippen LogP contribution >= 0.6 is 0 Å². The zero-order chi connectivity index (χ0) is 20.0. The molecule has 0 N–H and O–H groups in total. The molecule has 9 nitrogen and oxygen atoms in total. The van der Waals surface area contributed by atoms with E-state index < -0.39 is 54.4 Å². The molecule has 9 heteroatoms. The number of hydrogen-bond acceptors (Lipinski definition) is 9. The average Bonchev–Trinajstić information content (AvgIpc) is 2.47. The molecule has 0 saturated carbocycles. The van der Waals surface area contributed by atoms with Crippen molar-refractivity contribution in [2.45, 2.75) is 72.1 Å². The molecule has 26 heavy (non-hydrogen) atoms. The molecule has 1 saturated heterocycles. The second-order valence-electron chi connectivity index (χ2n) is 6.41. The number of esters is 4. The SMILES string of the molecule is CC(=O)OC[C@H]1O[C@@H](C(C)C)[C@H](OC(C)=O)[C@@H](OC(C)=O)[C@H]1OC(C)=O. The summed E-state index contributed by atoms with van der Waals surface area (Å²) in [6, 6.07) is 0. The van der Waals surface area contributed by atoms with Crippen LogP contribution in [-0.2, 0) is 42.9 Å². The van der Waals surface area contributed by atoms with Crippen molar-refractivity contribution >= 4 is 23.9 Å². The Balaban J connectivity index is 3.27. The lowest BCUT2D eigenvalue weighted by atomic mass is 9.89. The van der Waals surface area contributed by atoms with E-state index in [-0.39, 0.29) is 12.5 Å². The fourth-order valence-electron chi connectivity index (χ4n) is 2.80. The van der Waals surface area contributed by atoms with Gasteiger partial charge in [0.25, 0.3) is 0 Å². The van der Waals surface area contributed by atoms with E-state index >= 15 is 0 Å². The molecule has 0 amide bonds. The molecule has 5 atom stereocenters. The van der Waals surface area contributed by atoms with Crippen LogP contribution in [0.1, 0.15) is 41.5 Å². The first-order valence-electron chi connectivity index (χ1n) is 8.33. The Morgan fingerprint density at radius 2 is 1.23 bits per heavy atom. The monoisotopic (exact) mass is 374 g/mol. The summed E-state index contributed by atoms with van der Waals surface area (Å²) >= 11 is 0. The molecule has 0 unspecified atom stereocenters. The Morgan fingerprint density at radius 1 is 0.769 bits per heavy atom. The predicted molar refractivity (Wildman–Crippen MR) is 86.8 cm³/mol. The van der Waals surface area contributed by atoms with Gasteiger partial charge < -0.3 is 23.7 Å². The molecule has 1 aliphatic rings. The maximum Gasteiger partial charge on any atom is 0.303 e. The van der Waals surface area contributed by atoms with Crippen LogP contribution in [0, 0.1) is 5.92 Å². The van der Waals surface area contributed by atoms with Gasteiger partial charge in [-0.15, -0.1) is 0 Å². The van der Waals surface area contributed by atoms with Gasteiger partial charge in [-0.2, -0.15) is 0 Å². The van der Waals surface area contributed by atoms with Gasteiger partial charge in [-0.3, -0.25) is 19.2 Å². The number of carbonyl (C=O) groups excluding carboxylic acids is 4. The quantitative estimate of drug-likeness (QED) is 0.491. The lowest BCUT2D eigenvalue weighted by Crippen LogP contribution is -2.63. The molecule has 0 aromatic heterocycles. The topological polar surface area (TPSA) is 114 Å². The van der Waals surface area contributed by atoms with Gasteiger partial charge in [0.2, 0.25) is 0 Å². The van der Waals surface area contributed by atoms with Crippen molar-refractivity contribution in [2.75, 3.05) is 6.61 Å². The van der Waals surface area contributed by atoms with Gasteiger partial charge in [0.15, 0.2) is 18.3 Å². The molecule has 0 aromatic rings. The van der Waals surface area contributed by atoms with Crippen LogP contribution in [-0.4, -0.2) is 61.0 Å². The Bertz CT molecular complexity index is 542. The number of hydrogen-bond donors (Lipinski definition) is 0. The third-order valence-electron chi connectivity index (χ3n) is 3.68. The maximum absolute atomic E-state index is 11.6. The summed E-state index contributed by atoms with van der Waals surface area (Å²) < 4.78 is 26.8. The zero-order valence-corrected chi connectivity index (χ0v) is 15.8. The molecule has 0 bridgehead atoms. The van der Waals surface area contributed by atoms with Crippen molar-refractivity contribution in [3.05, 3.63) is 0 Å². The van der Waals surface area contributed by atoms with Crippen molar-refractivity contribution < 1.29 is 42.9 Å². The van der Waals surface area contributed by atoms with E-state index in [0.717, 1.165) is 0 Å². The van der Waals surface area contributed by atoms with Gasteiger partial charge in [-0.25, -0.2) is 0 Å². The zero-order valence-electron chi connectivity index (χ0n) is 15.8. The molecule has 0 spiro atoms. The van der Waals surface area contributed by atoms with Crippen LogP contribution < -0.4 is 0 Å². The molecule has 0 aromatic carbocycles. The van der Waals surface area contributed by atoms with Gasteiger partial charge in [0.1, 0.15) is 18.8 Å². The van der Waals surface area contributed by atoms with Gasteiger partial charge in [0, 0.05) is 27.7 Å². The summed E-state index contributed by atoms with van der Waals surface area (Å²) in [5.74, 6) is -2.55. The number of ether oxygens (including phenoxy) is 5. The third kappa shape index (κ3) is 6.29. The molecule has 148 valence electrons. The summed E-state index contributed by atoms with van der Waals surface area (Å²) in [5.41, 5.74) is 0. The molecule has 1 fully saturated rings. The fourth-order valence-corrected chi connectivity index (χ4v) is 2.80. The van der Waals surface area contributed by atoms with E-state index in [9.17, 15) is 19.2 Å². The van der Waals surface area contributed by atoms with Crippen molar-refractivity contribution in [1.29, 1.82) is 0 Å². The molecule has 0 radical (unpaired) electrons. The summed E-state index contributed by atoms with van der Waals surface area (Å²) in [4.78, 5) is 45.8. The normalized spacial score (nSPS) is 28.2. The second kappa shape index (κ2) is 9.51. The summed E-state index contributed by atoms with van der Waals surface area (Å²) in [6.45, 7) is 8.28. The third-order valence-corrected chi connectivity index (χ3v) is 3.68. The summed E-state index contributed by atoms with van der Waals surface area (Å²) in [6.07, 6.45) is -4.71. The summed E-state index contributed by atoms with van der Waals surface area (Å²) in [5, 5.41) is 0. The van der Waals surface area contributed by atoms with E-state index in [4.69, 9.17) is 23.7 Å². The Kier molecular flexibility index (Phi) is 8.01. The van der Waals surface area contributed by atoms with Crippen LogP contribution in [0.25, 0.3) is 0 Å². The summed E-state index contributed by atoms with van der Waals surface area (Å²) in [7, 11) is 0. The highest BCUT2D eigenvalue weighted by Crippen LogP contribution is 2.32. The predicted octanol–water partition coefficient (Wildman–Crippen LogP) is 0.768. The van der Waals surface area contributed by atoms with Crippen molar-refractivity contribution in [3.8, 4) is 0 Å². The number of rotatable bonds is 6. The molecular formula is C17H26O9. The van der Waals surface area contributed by atoms with Gasteiger partial charge in [0.05, 0.1) is 0 Å². The highest BCUT2D eigenvalue weighted by molar-refractivity contribution is 5.68. The lowest BCUT2D eigenvalue weighted by Gasteiger charge is -2.45. The second-order valence-corrected chi connectivity index (χ2v) is 6.41. The van der Waals surface area contributed by atoms with Crippen molar-refractivity contribution in [2.24, 2.45) is 5.92 Å². The van der Waals surface area contributed by atoms with Crippen LogP contribution in [0.15, 0.2) is 0 Å². The molecular weight excluding hydrogens is 348 g/mol.